The van der Waals surface area contributed by atoms with E-state index in [1.807, 2.05) is 0 Å². The molecule has 4 amide bonds. The number of carbonyl (C=O) groups is 5. The number of carboxylic acids is 1. The monoisotopic (exact) mass is 421 g/mol. The molecule has 0 rings (SSSR count). The van der Waals surface area contributed by atoms with E-state index in [2.05, 4.69) is 21.3 Å². The first-order chi connectivity index (χ1) is 13.1. The molecule has 0 aromatic rings. The van der Waals surface area contributed by atoms with Gasteiger partial charge in [0.15, 0.2) is 0 Å². The number of nitrogens with one attached hydrogen (secondary N) is 4. The highest BCUT2D eigenvalue weighted by Crippen LogP contribution is 2.02. The summed E-state index contributed by atoms with van der Waals surface area (Å²) < 4.78 is 0. The number of carbonyl (C=O) groups excluding carboxylic acids is 4. The number of aliphatic hydroxyl groups is 1. The molecule has 2 unspecified atom stereocenters. The van der Waals surface area contributed by atoms with Gasteiger partial charge in [-0.3, -0.25) is 24.0 Å². The van der Waals surface area contributed by atoms with Crippen LogP contribution in [0.4, 0.5) is 0 Å². The van der Waals surface area contributed by atoms with Gasteiger partial charge in [0.2, 0.25) is 23.6 Å². The minimum atomic E-state index is -1.28. The van der Waals surface area contributed by atoms with E-state index >= 15 is 0 Å². The summed E-state index contributed by atoms with van der Waals surface area (Å²) in [7, 11) is 3.31. The molecule has 0 bridgehead atoms. The Morgan fingerprint density at radius 3 is 2.14 bits per heavy atom. The van der Waals surface area contributed by atoms with E-state index in [4.69, 9.17) is 5.11 Å². The number of rotatable bonds is 13. The van der Waals surface area contributed by atoms with Crippen molar-refractivity contribution in [3.8, 4) is 0 Å². The van der Waals surface area contributed by atoms with Gasteiger partial charge in [-0.1, -0.05) is 0 Å². The van der Waals surface area contributed by atoms with E-state index in [-0.39, 0.29) is 24.1 Å². The Labute approximate surface area is 166 Å². The van der Waals surface area contributed by atoms with Gasteiger partial charge in [-0.25, -0.2) is 0 Å². The molecule has 12 nitrogen and oxygen atoms in total. The number of amides is 4. The number of likely N-dealkylation sites (N-methyl/N-ethyl adjacent to an activating group) is 1. The van der Waals surface area contributed by atoms with Crippen LogP contribution in [-0.4, -0.2) is 102 Å². The molecule has 2 atom stereocenters. The molecular weight excluding hydrogens is 394 g/mol. The van der Waals surface area contributed by atoms with Crippen LogP contribution in [0.5, 0.6) is 0 Å². The van der Waals surface area contributed by atoms with Crippen molar-refractivity contribution in [3.05, 3.63) is 0 Å². The standard InChI is InChI=1S/C15H27N5O7S/c1-9(22)17-8-28-7-11(14(26)16-4-13(24)25)19-15(27)10(6-21)18-12(23)5-20(2)3/h10-11,21H,4-8H2,1-3H3,(H,16,26)(H,17,22)(H,18,23)(H,19,27)(H,24,25). The largest absolute Gasteiger partial charge is 0.480 e. The second kappa shape index (κ2) is 13.7. The minimum Gasteiger partial charge on any atom is -0.480 e. The summed E-state index contributed by atoms with van der Waals surface area (Å²) in [6.45, 7) is -0.00140. The van der Waals surface area contributed by atoms with Gasteiger partial charge in [0.25, 0.3) is 0 Å². The van der Waals surface area contributed by atoms with Gasteiger partial charge in [0.1, 0.15) is 18.6 Å². The lowest BCUT2D eigenvalue weighted by molar-refractivity contribution is -0.138. The zero-order valence-corrected chi connectivity index (χ0v) is 16.8. The number of carboxylic acid groups (broad SMARTS) is 1. The molecule has 0 saturated heterocycles. The SMILES string of the molecule is CC(=O)NCSCC(NC(=O)C(CO)NC(=O)CN(C)C)C(=O)NCC(=O)O. The Kier molecular flexibility index (Phi) is 12.6. The number of thioether (sulfide) groups is 1. The Balaban J connectivity index is 4.91. The third-order valence-electron chi connectivity index (χ3n) is 3.05. The van der Waals surface area contributed by atoms with E-state index in [1.54, 1.807) is 19.0 Å². The van der Waals surface area contributed by atoms with Gasteiger partial charge < -0.3 is 36.4 Å². The first-order valence-electron chi connectivity index (χ1n) is 8.23. The van der Waals surface area contributed by atoms with Crippen LogP contribution in [0.25, 0.3) is 0 Å². The Hall–Kier alpha value is -2.38. The molecule has 0 saturated carbocycles. The molecule has 28 heavy (non-hydrogen) atoms. The van der Waals surface area contributed by atoms with Crippen molar-refractivity contribution in [1.29, 1.82) is 0 Å². The molecule has 160 valence electrons. The Morgan fingerprint density at radius 2 is 1.64 bits per heavy atom. The molecule has 0 spiro atoms. The fourth-order valence-corrected chi connectivity index (χ4v) is 2.69. The molecule has 0 aliphatic carbocycles. The highest BCUT2D eigenvalue weighted by Gasteiger charge is 2.26. The smallest absolute Gasteiger partial charge is 0.322 e. The van der Waals surface area contributed by atoms with Gasteiger partial charge in [-0.2, -0.15) is 0 Å². The molecule has 0 aliphatic rings. The van der Waals surface area contributed by atoms with Crippen molar-refractivity contribution in [1.82, 2.24) is 26.2 Å². The summed E-state index contributed by atoms with van der Waals surface area (Å²) in [5.74, 6) is -3.36. The predicted molar refractivity (Wildman–Crippen MR) is 101 cm³/mol. The van der Waals surface area contributed by atoms with Crippen LogP contribution in [0.1, 0.15) is 6.92 Å². The highest BCUT2D eigenvalue weighted by atomic mass is 32.2. The van der Waals surface area contributed by atoms with E-state index in [9.17, 15) is 29.1 Å². The molecule has 0 heterocycles. The summed E-state index contributed by atoms with van der Waals surface area (Å²) in [5, 5.41) is 27.4. The zero-order valence-electron chi connectivity index (χ0n) is 16.0. The number of hydrogen-bond acceptors (Lipinski definition) is 8. The van der Waals surface area contributed by atoms with Crippen LogP contribution in [0.2, 0.25) is 0 Å². The summed E-state index contributed by atoms with van der Waals surface area (Å²) in [6.07, 6.45) is 0. The second-order valence-corrected chi connectivity index (χ2v) is 6.99. The third kappa shape index (κ3) is 12.1. The molecule has 0 aromatic carbocycles. The average molecular weight is 421 g/mol. The van der Waals surface area contributed by atoms with Gasteiger partial charge in [-0.15, -0.1) is 11.8 Å². The number of aliphatic carboxylic acids is 1. The maximum Gasteiger partial charge on any atom is 0.322 e. The second-order valence-electron chi connectivity index (χ2n) is 5.96. The van der Waals surface area contributed by atoms with Crippen LogP contribution < -0.4 is 21.3 Å². The lowest BCUT2D eigenvalue weighted by Crippen LogP contribution is -2.56. The van der Waals surface area contributed by atoms with Gasteiger partial charge in [0.05, 0.1) is 19.0 Å². The molecule has 6 N–H and O–H groups in total. The third-order valence-corrected chi connectivity index (χ3v) is 3.97. The fraction of sp³-hybridized carbons (Fsp3) is 0.667. The molecule has 0 aromatic heterocycles. The first-order valence-corrected chi connectivity index (χ1v) is 9.39. The van der Waals surface area contributed by atoms with Crippen molar-refractivity contribution < 1.29 is 34.2 Å². The topological polar surface area (TPSA) is 177 Å². The van der Waals surface area contributed by atoms with Crippen molar-refractivity contribution in [2.45, 2.75) is 19.0 Å². The average Bonchev–Trinajstić information content (AvgIpc) is 2.58. The van der Waals surface area contributed by atoms with Gasteiger partial charge >= 0.3 is 5.97 Å². The van der Waals surface area contributed by atoms with Crippen LogP contribution in [0, 0.1) is 0 Å². The van der Waals surface area contributed by atoms with Crippen molar-refractivity contribution in [2.75, 3.05) is 45.4 Å². The van der Waals surface area contributed by atoms with Crippen molar-refractivity contribution in [2.24, 2.45) is 0 Å². The maximum atomic E-state index is 12.3. The summed E-state index contributed by atoms with van der Waals surface area (Å²) >= 11 is 1.12. The van der Waals surface area contributed by atoms with E-state index in [0.717, 1.165) is 11.8 Å². The molecule has 0 radical (unpaired) electrons. The van der Waals surface area contributed by atoms with E-state index in [1.165, 1.54) is 6.92 Å². The van der Waals surface area contributed by atoms with Crippen molar-refractivity contribution in [3.63, 3.8) is 0 Å². The van der Waals surface area contributed by atoms with Crippen LogP contribution in [0.3, 0.4) is 0 Å². The molecule has 0 fully saturated rings. The van der Waals surface area contributed by atoms with Gasteiger partial charge in [-0.05, 0) is 14.1 Å². The van der Waals surface area contributed by atoms with Crippen LogP contribution >= 0.6 is 11.8 Å². The highest BCUT2D eigenvalue weighted by molar-refractivity contribution is 7.99. The zero-order chi connectivity index (χ0) is 21.7. The van der Waals surface area contributed by atoms with Gasteiger partial charge in [0, 0.05) is 12.7 Å². The van der Waals surface area contributed by atoms with Crippen molar-refractivity contribution >= 4 is 41.4 Å². The molecule has 13 heteroatoms. The Morgan fingerprint density at radius 1 is 1.00 bits per heavy atom. The lowest BCUT2D eigenvalue weighted by atomic mass is 10.2. The Bertz CT molecular complexity index is 573. The molecule has 0 aliphatic heterocycles. The number of aliphatic hydroxyl groups excluding tert-OH is 1. The van der Waals surface area contributed by atoms with Crippen LogP contribution in [-0.2, 0) is 24.0 Å². The quantitative estimate of drug-likeness (QED) is 0.130. The summed E-state index contributed by atoms with van der Waals surface area (Å²) in [5.41, 5.74) is 0. The maximum absolute atomic E-state index is 12.3. The van der Waals surface area contributed by atoms with Crippen LogP contribution in [0.15, 0.2) is 0 Å². The predicted octanol–water partition coefficient (Wildman–Crippen LogP) is -3.46. The fourth-order valence-electron chi connectivity index (χ4n) is 1.79. The lowest BCUT2D eigenvalue weighted by Gasteiger charge is -2.22. The summed E-state index contributed by atoms with van der Waals surface area (Å²) in [6, 6.07) is -2.41. The van der Waals surface area contributed by atoms with E-state index in [0.29, 0.717) is 0 Å². The number of nitrogens with zero attached hydrogens (tertiary/aromatic N) is 1. The molecular formula is C15H27N5O7S. The summed E-state index contributed by atoms with van der Waals surface area (Å²) in [4.78, 5) is 59.3. The normalized spacial score (nSPS) is 12.6. The number of hydrogen-bond donors (Lipinski definition) is 6. The van der Waals surface area contributed by atoms with E-state index < -0.39 is 48.9 Å². The minimum absolute atomic E-state index is 0.00112. The first kappa shape index (κ1) is 25.6.